The second-order valence-electron chi connectivity index (χ2n) is 6.48. The maximum atomic E-state index is 12.7. The molecule has 0 aromatic heterocycles. The average Bonchev–Trinajstić information content (AvgIpc) is 2.98. The predicted octanol–water partition coefficient (Wildman–Crippen LogP) is 0.565. The SMILES string of the molecule is C=C(C)C[N+]1=C(N/N=C/c2ccc(O)cc2)N=C2C1C(=O)N(C)C(=O)N2C. The third kappa shape index (κ3) is 3.43. The summed E-state index contributed by atoms with van der Waals surface area (Å²) in [6.07, 6.45) is 1.57. The van der Waals surface area contributed by atoms with Gasteiger partial charge in [-0.1, -0.05) is 11.6 Å². The monoisotopic (exact) mass is 369 g/mol. The number of likely N-dealkylation sites (N-methyl/N-ethyl adjacent to an activating group) is 2. The number of hydrogen-bond acceptors (Lipinski definition) is 6. The van der Waals surface area contributed by atoms with E-state index in [4.69, 9.17) is 0 Å². The number of hydrogen-bond donors (Lipinski definition) is 2. The number of fused-ring (bicyclic) bond motifs is 1. The third-order valence-electron chi connectivity index (χ3n) is 4.24. The Kier molecular flexibility index (Phi) is 4.76. The summed E-state index contributed by atoms with van der Waals surface area (Å²) < 4.78 is 1.73. The molecule has 1 saturated heterocycles. The number of hydrazone groups is 1. The zero-order valence-corrected chi connectivity index (χ0v) is 15.4. The van der Waals surface area contributed by atoms with E-state index >= 15 is 0 Å². The molecule has 3 amide bonds. The van der Waals surface area contributed by atoms with Gasteiger partial charge in [-0.05, 0) is 42.3 Å². The lowest BCUT2D eigenvalue weighted by atomic mass is 10.1. The minimum absolute atomic E-state index is 0.170. The largest absolute Gasteiger partial charge is 0.508 e. The van der Waals surface area contributed by atoms with Crippen molar-refractivity contribution in [2.24, 2.45) is 10.1 Å². The number of aliphatic imine (C=N–C) groups is 1. The first-order chi connectivity index (χ1) is 12.8. The Balaban J connectivity index is 1.90. The minimum Gasteiger partial charge on any atom is -0.508 e. The number of carbonyl (C=O) groups is 2. The lowest BCUT2D eigenvalue weighted by Gasteiger charge is -2.31. The van der Waals surface area contributed by atoms with Crippen LogP contribution >= 0.6 is 0 Å². The number of carbonyl (C=O) groups excluding carboxylic acids is 2. The molecule has 1 aromatic carbocycles. The fourth-order valence-corrected chi connectivity index (χ4v) is 2.87. The summed E-state index contributed by atoms with van der Waals surface area (Å²) in [5.41, 5.74) is 4.45. The number of amides is 3. The molecule has 9 nitrogen and oxygen atoms in total. The molecule has 0 aliphatic carbocycles. The number of aromatic hydroxyl groups is 1. The topological polar surface area (TPSA) is 101 Å². The number of urea groups is 1. The first kappa shape index (κ1) is 18.3. The molecule has 1 fully saturated rings. The fraction of sp³-hybridized carbons (Fsp3) is 0.278. The molecule has 1 atom stereocenters. The Labute approximate surface area is 156 Å². The van der Waals surface area contributed by atoms with E-state index in [-0.39, 0.29) is 11.7 Å². The highest BCUT2D eigenvalue weighted by Crippen LogP contribution is 2.19. The highest BCUT2D eigenvalue weighted by Gasteiger charge is 2.51. The van der Waals surface area contributed by atoms with E-state index in [1.54, 1.807) is 42.1 Å². The van der Waals surface area contributed by atoms with Crippen molar-refractivity contribution >= 4 is 29.9 Å². The summed E-state index contributed by atoms with van der Waals surface area (Å²) in [6, 6.07) is 5.40. The molecule has 2 aliphatic heterocycles. The molecule has 9 heteroatoms. The van der Waals surface area contributed by atoms with Crippen LogP contribution < -0.4 is 5.43 Å². The first-order valence-corrected chi connectivity index (χ1v) is 8.29. The highest BCUT2D eigenvalue weighted by molar-refractivity contribution is 6.22. The molecule has 0 spiro atoms. The van der Waals surface area contributed by atoms with E-state index < -0.39 is 12.1 Å². The molecule has 0 saturated carbocycles. The van der Waals surface area contributed by atoms with Gasteiger partial charge in [0.2, 0.25) is 11.9 Å². The zero-order valence-electron chi connectivity index (χ0n) is 15.4. The van der Waals surface area contributed by atoms with Crippen LogP contribution in [0.3, 0.4) is 0 Å². The van der Waals surface area contributed by atoms with Gasteiger partial charge in [0, 0.05) is 14.1 Å². The first-order valence-electron chi connectivity index (χ1n) is 8.29. The Bertz CT molecular complexity index is 900. The Hall–Kier alpha value is -3.49. The lowest BCUT2D eigenvalue weighted by molar-refractivity contribution is -0.529. The Morgan fingerprint density at radius 3 is 2.63 bits per heavy atom. The number of nitrogens with one attached hydrogen (secondary N) is 1. The van der Waals surface area contributed by atoms with Crippen LogP contribution in [0.25, 0.3) is 0 Å². The molecule has 0 radical (unpaired) electrons. The summed E-state index contributed by atoms with van der Waals surface area (Å²) >= 11 is 0. The Morgan fingerprint density at radius 2 is 2.00 bits per heavy atom. The molecule has 27 heavy (non-hydrogen) atoms. The van der Waals surface area contributed by atoms with Gasteiger partial charge in [0.25, 0.3) is 5.91 Å². The molecule has 2 heterocycles. The standard InChI is InChI=1S/C18H20N6O3/c1-11(2)10-24-14-15(22(3)18(27)23(4)16(14)26)20-17(24)21-19-9-12-5-7-13(25)8-6-12/h5-9,14H,1,10H2,2-4H3,(H,19,25)/p+1. The van der Waals surface area contributed by atoms with Crippen molar-refractivity contribution in [3.63, 3.8) is 0 Å². The number of phenolic OH excluding ortho intramolecular Hbond substituents is 1. The third-order valence-corrected chi connectivity index (χ3v) is 4.24. The normalized spacial score (nSPS) is 19.7. The number of guanidine groups is 1. The van der Waals surface area contributed by atoms with Gasteiger partial charge in [0.1, 0.15) is 5.75 Å². The van der Waals surface area contributed by atoms with Gasteiger partial charge in [-0.15, -0.1) is 5.10 Å². The van der Waals surface area contributed by atoms with E-state index in [1.807, 2.05) is 6.92 Å². The van der Waals surface area contributed by atoms with Gasteiger partial charge in [0.15, 0.2) is 0 Å². The van der Waals surface area contributed by atoms with Gasteiger partial charge in [-0.25, -0.2) is 9.37 Å². The predicted molar refractivity (Wildman–Crippen MR) is 101 cm³/mol. The van der Waals surface area contributed by atoms with Gasteiger partial charge in [0.05, 0.1) is 12.8 Å². The van der Waals surface area contributed by atoms with Crippen LogP contribution in [0.4, 0.5) is 4.79 Å². The second kappa shape index (κ2) is 7.02. The summed E-state index contributed by atoms with van der Waals surface area (Å²) in [7, 11) is 3.03. The number of phenols is 1. The van der Waals surface area contributed by atoms with Crippen molar-refractivity contribution in [3.05, 3.63) is 42.0 Å². The van der Waals surface area contributed by atoms with Crippen molar-refractivity contribution < 1.29 is 19.3 Å². The molecule has 1 aromatic rings. The van der Waals surface area contributed by atoms with E-state index in [1.165, 1.54) is 11.9 Å². The van der Waals surface area contributed by atoms with E-state index in [0.29, 0.717) is 18.3 Å². The summed E-state index contributed by atoms with van der Waals surface area (Å²) in [5.74, 6) is 0.532. The molecule has 1 unspecified atom stereocenters. The second-order valence-corrected chi connectivity index (χ2v) is 6.48. The van der Waals surface area contributed by atoms with Crippen LogP contribution in [0.15, 0.2) is 46.5 Å². The molecule has 2 N–H and O–H groups in total. The van der Waals surface area contributed by atoms with Crippen LogP contribution in [-0.4, -0.2) is 76.1 Å². The number of imide groups is 1. The van der Waals surface area contributed by atoms with E-state index in [0.717, 1.165) is 16.0 Å². The van der Waals surface area contributed by atoms with Crippen LogP contribution in [0.2, 0.25) is 0 Å². The average molecular weight is 369 g/mol. The molecule has 3 rings (SSSR count). The number of amidine groups is 1. The van der Waals surface area contributed by atoms with Crippen molar-refractivity contribution in [1.29, 1.82) is 0 Å². The van der Waals surface area contributed by atoms with E-state index in [9.17, 15) is 14.7 Å². The van der Waals surface area contributed by atoms with Crippen LogP contribution in [0.5, 0.6) is 5.75 Å². The quantitative estimate of drug-likeness (QED) is 0.351. The van der Waals surface area contributed by atoms with Gasteiger partial charge < -0.3 is 5.11 Å². The highest BCUT2D eigenvalue weighted by atomic mass is 16.3. The molecule has 2 aliphatic rings. The fourth-order valence-electron chi connectivity index (χ4n) is 2.87. The van der Waals surface area contributed by atoms with Gasteiger partial charge >= 0.3 is 12.0 Å². The summed E-state index contributed by atoms with van der Waals surface area (Å²) in [5, 5.41) is 13.5. The van der Waals surface area contributed by atoms with Crippen LogP contribution in [-0.2, 0) is 4.79 Å². The zero-order chi connectivity index (χ0) is 19.7. The van der Waals surface area contributed by atoms with Crippen molar-refractivity contribution in [2.75, 3.05) is 20.6 Å². The van der Waals surface area contributed by atoms with Crippen LogP contribution in [0, 0.1) is 0 Å². The molecular weight excluding hydrogens is 348 g/mol. The maximum Gasteiger partial charge on any atom is 0.414 e. The maximum absolute atomic E-state index is 12.7. The van der Waals surface area contributed by atoms with E-state index in [2.05, 4.69) is 22.1 Å². The van der Waals surface area contributed by atoms with Gasteiger partial charge in [-0.2, -0.15) is 5.43 Å². The minimum atomic E-state index is -0.708. The molecule has 0 bridgehead atoms. The summed E-state index contributed by atoms with van der Waals surface area (Å²) in [6.45, 7) is 6.14. The summed E-state index contributed by atoms with van der Waals surface area (Å²) in [4.78, 5) is 31.7. The smallest absolute Gasteiger partial charge is 0.414 e. The number of benzene rings is 1. The number of rotatable bonds is 4. The van der Waals surface area contributed by atoms with Crippen molar-refractivity contribution in [1.82, 2.24) is 15.2 Å². The Morgan fingerprint density at radius 1 is 1.33 bits per heavy atom. The number of nitrogens with zero attached hydrogens (tertiary/aromatic N) is 5. The van der Waals surface area contributed by atoms with Crippen LogP contribution in [0.1, 0.15) is 12.5 Å². The van der Waals surface area contributed by atoms with Crippen molar-refractivity contribution in [3.8, 4) is 5.75 Å². The molecule has 140 valence electrons. The van der Waals surface area contributed by atoms with Gasteiger partial charge in [-0.3, -0.25) is 14.6 Å². The molecular formula is C18H21N6O3+. The lowest BCUT2D eigenvalue weighted by Crippen LogP contribution is -2.61. The van der Waals surface area contributed by atoms with Crippen molar-refractivity contribution in [2.45, 2.75) is 13.0 Å².